The van der Waals surface area contributed by atoms with Crippen molar-refractivity contribution >= 4 is 0 Å². The Balaban J connectivity index is 0.00000243. The Hall–Kier alpha value is -1.62. The highest BCUT2D eigenvalue weighted by atomic mass is 35.5. The Bertz CT molecular complexity index is 697. The highest BCUT2D eigenvalue weighted by Gasteiger charge is 2.38. The van der Waals surface area contributed by atoms with Gasteiger partial charge in [0.05, 0.1) is 20.3 Å². The fraction of sp³-hybridized carbons (Fsp3) is 0.476. The first-order chi connectivity index (χ1) is 12.1. The molecule has 0 N–H and O–H groups in total. The zero-order chi connectivity index (χ0) is 17.7. The predicted octanol–water partition coefficient (Wildman–Crippen LogP) is 0.674. The molecule has 2 heterocycles. The topological polar surface area (TPSA) is 31.6 Å². The van der Waals surface area contributed by atoms with E-state index in [9.17, 15) is 0 Å². The monoisotopic (exact) mass is 377 g/mol. The van der Waals surface area contributed by atoms with E-state index in [1.807, 2.05) is 24.3 Å². The minimum Gasteiger partial charge on any atom is -1.00 e. The summed E-state index contributed by atoms with van der Waals surface area (Å²) in [6.07, 6.45) is 7.38. The van der Waals surface area contributed by atoms with E-state index < -0.39 is 5.79 Å². The predicted molar refractivity (Wildman–Crippen MR) is 96.5 cm³/mol. The largest absolute Gasteiger partial charge is 1.00 e. The zero-order valence-corrected chi connectivity index (χ0v) is 16.6. The Labute approximate surface area is 162 Å². The summed E-state index contributed by atoms with van der Waals surface area (Å²) in [4.78, 5) is 0. The minimum absolute atomic E-state index is 0. The number of pyridine rings is 1. The molecule has 2 aromatic rings. The lowest BCUT2D eigenvalue weighted by atomic mass is 9.99. The third kappa shape index (κ3) is 4.76. The van der Waals surface area contributed by atoms with E-state index in [1.165, 1.54) is 11.1 Å². The average Bonchev–Trinajstić information content (AvgIpc) is 3.12. The molecular formula is C21H28ClNO3. The molecule has 0 amide bonds. The van der Waals surface area contributed by atoms with E-state index >= 15 is 0 Å². The SMILES string of the molecule is COc1ccc(C2(CCCC[n+]3ccc(C)c(C)c3)OCCO2)cc1.[Cl-]. The van der Waals surface area contributed by atoms with Crippen molar-refractivity contribution in [2.75, 3.05) is 20.3 Å². The maximum atomic E-state index is 6.02. The van der Waals surface area contributed by atoms with Crippen LogP contribution in [0.2, 0.25) is 0 Å². The van der Waals surface area contributed by atoms with Crippen molar-refractivity contribution in [3.63, 3.8) is 0 Å². The molecule has 0 saturated carbocycles. The zero-order valence-electron chi connectivity index (χ0n) is 15.8. The molecule has 0 atom stereocenters. The third-order valence-electron chi connectivity index (χ3n) is 4.95. The molecule has 1 aliphatic rings. The number of ether oxygens (including phenoxy) is 3. The third-order valence-corrected chi connectivity index (χ3v) is 4.95. The Kier molecular flexibility index (Phi) is 7.44. The molecule has 1 aromatic carbocycles. The number of hydrogen-bond acceptors (Lipinski definition) is 3. The van der Waals surface area contributed by atoms with Crippen LogP contribution in [0.25, 0.3) is 0 Å². The number of nitrogens with zero attached hydrogens (tertiary/aromatic N) is 1. The Morgan fingerprint density at radius 2 is 1.69 bits per heavy atom. The summed E-state index contributed by atoms with van der Waals surface area (Å²) in [5.41, 5.74) is 3.74. The van der Waals surface area contributed by atoms with Gasteiger partial charge in [0.1, 0.15) is 12.3 Å². The standard InChI is InChI=1S/C21H28NO3.ClH/c1-17-10-13-22(16-18(17)2)12-5-4-11-21(24-14-15-25-21)19-6-8-20(23-3)9-7-19;/h6-10,13,16H,4-5,11-12,14-15H2,1-3H3;1H/q+1;/p-1. The van der Waals surface area contributed by atoms with Crippen LogP contribution in [0.5, 0.6) is 5.75 Å². The van der Waals surface area contributed by atoms with Crippen molar-refractivity contribution in [2.45, 2.75) is 45.4 Å². The number of unbranched alkanes of at least 4 members (excludes halogenated alkanes) is 1. The molecular weight excluding hydrogens is 350 g/mol. The highest BCUT2D eigenvalue weighted by Crippen LogP contribution is 2.37. The summed E-state index contributed by atoms with van der Waals surface area (Å²) in [6, 6.07) is 10.2. The summed E-state index contributed by atoms with van der Waals surface area (Å²) in [7, 11) is 1.68. The molecule has 3 rings (SSSR count). The van der Waals surface area contributed by atoms with Gasteiger partial charge in [-0.1, -0.05) is 0 Å². The quantitative estimate of drug-likeness (QED) is 0.525. The molecule has 0 radical (unpaired) electrons. The summed E-state index contributed by atoms with van der Waals surface area (Å²) in [5, 5.41) is 0. The van der Waals surface area contributed by atoms with Crippen LogP contribution >= 0.6 is 0 Å². The number of aryl methyl sites for hydroxylation is 3. The second-order valence-corrected chi connectivity index (χ2v) is 6.68. The molecule has 0 bridgehead atoms. The smallest absolute Gasteiger partial charge is 0.194 e. The van der Waals surface area contributed by atoms with E-state index in [0.29, 0.717) is 13.2 Å². The van der Waals surface area contributed by atoms with Gasteiger partial charge in [-0.15, -0.1) is 0 Å². The number of benzene rings is 1. The summed E-state index contributed by atoms with van der Waals surface area (Å²) >= 11 is 0. The van der Waals surface area contributed by atoms with Gasteiger partial charge in [-0.05, 0) is 50.1 Å². The molecule has 0 spiro atoms. The van der Waals surface area contributed by atoms with Gasteiger partial charge in [-0.3, -0.25) is 0 Å². The molecule has 1 aliphatic heterocycles. The van der Waals surface area contributed by atoms with Gasteiger partial charge in [0.2, 0.25) is 0 Å². The Morgan fingerprint density at radius 1 is 1.00 bits per heavy atom. The number of methoxy groups -OCH3 is 1. The first-order valence-electron chi connectivity index (χ1n) is 9.02. The summed E-state index contributed by atoms with van der Waals surface area (Å²) in [6.45, 7) is 6.62. The van der Waals surface area contributed by atoms with Crippen LogP contribution < -0.4 is 21.7 Å². The molecule has 26 heavy (non-hydrogen) atoms. The molecule has 5 heteroatoms. The van der Waals surface area contributed by atoms with Gasteiger partial charge >= 0.3 is 0 Å². The fourth-order valence-corrected chi connectivity index (χ4v) is 3.28. The van der Waals surface area contributed by atoms with Crippen molar-refractivity contribution in [3.05, 3.63) is 59.4 Å². The lowest BCUT2D eigenvalue weighted by Gasteiger charge is -2.28. The molecule has 0 unspecified atom stereocenters. The van der Waals surface area contributed by atoms with Gasteiger partial charge in [0, 0.05) is 30.0 Å². The first-order valence-corrected chi connectivity index (χ1v) is 9.02. The number of hydrogen-bond donors (Lipinski definition) is 0. The van der Waals surface area contributed by atoms with Crippen molar-refractivity contribution in [1.82, 2.24) is 0 Å². The highest BCUT2D eigenvalue weighted by molar-refractivity contribution is 5.30. The van der Waals surface area contributed by atoms with Crippen molar-refractivity contribution < 1.29 is 31.2 Å². The molecule has 0 aliphatic carbocycles. The van der Waals surface area contributed by atoms with Crippen molar-refractivity contribution in [1.29, 1.82) is 0 Å². The van der Waals surface area contributed by atoms with Gasteiger partial charge in [-0.2, -0.15) is 0 Å². The average molecular weight is 378 g/mol. The second-order valence-electron chi connectivity index (χ2n) is 6.68. The van der Waals surface area contributed by atoms with Crippen LogP contribution in [0.4, 0.5) is 0 Å². The van der Waals surface area contributed by atoms with Crippen molar-refractivity contribution in [3.8, 4) is 5.75 Å². The van der Waals surface area contributed by atoms with Crippen LogP contribution in [0.15, 0.2) is 42.7 Å². The lowest BCUT2D eigenvalue weighted by Crippen LogP contribution is -3.00. The molecule has 142 valence electrons. The van der Waals surface area contributed by atoms with Crippen LogP contribution in [-0.2, 0) is 21.8 Å². The van der Waals surface area contributed by atoms with Crippen LogP contribution in [-0.4, -0.2) is 20.3 Å². The second kappa shape index (κ2) is 9.36. The van der Waals surface area contributed by atoms with Gasteiger partial charge in [0.15, 0.2) is 18.2 Å². The van der Waals surface area contributed by atoms with E-state index in [4.69, 9.17) is 14.2 Å². The van der Waals surface area contributed by atoms with Crippen LogP contribution in [0, 0.1) is 13.8 Å². The fourth-order valence-electron chi connectivity index (χ4n) is 3.28. The summed E-state index contributed by atoms with van der Waals surface area (Å²) < 4.78 is 19.5. The lowest BCUT2D eigenvalue weighted by molar-refractivity contribution is -0.697. The normalized spacial score (nSPS) is 15.5. The van der Waals surface area contributed by atoms with E-state index in [0.717, 1.165) is 37.1 Å². The summed E-state index contributed by atoms with van der Waals surface area (Å²) in [5.74, 6) is 0.253. The van der Waals surface area contributed by atoms with Crippen LogP contribution in [0.3, 0.4) is 0 Å². The maximum absolute atomic E-state index is 6.02. The number of halogens is 1. The van der Waals surface area contributed by atoms with Gasteiger partial charge < -0.3 is 26.6 Å². The van der Waals surface area contributed by atoms with E-state index in [1.54, 1.807) is 7.11 Å². The maximum Gasteiger partial charge on any atom is 0.194 e. The number of rotatable bonds is 7. The molecule has 4 nitrogen and oxygen atoms in total. The first kappa shape index (κ1) is 20.7. The van der Waals surface area contributed by atoms with E-state index in [2.05, 4.69) is 36.9 Å². The molecule has 1 aromatic heterocycles. The van der Waals surface area contributed by atoms with Gasteiger partial charge in [0.25, 0.3) is 0 Å². The number of aromatic nitrogens is 1. The van der Waals surface area contributed by atoms with E-state index in [-0.39, 0.29) is 12.4 Å². The minimum atomic E-state index is -0.597. The van der Waals surface area contributed by atoms with Crippen molar-refractivity contribution in [2.24, 2.45) is 0 Å². The molecule has 1 saturated heterocycles. The molecule has 1 fully saturated rings. The van der Waals surface area contributed by atoms with Crippen LogP contribution in [0.1, 0.15) is 36.0 Å². The van der Waals surface area contributed by atoms with Gasteiger partial charge in [-0.25, -0.2) is 4.57 Å². The Morgan fingerprint density at radius 3 is 2.31 bits per heavy atom.